The van der Waals surface area contributed by atoms with Crippen molar-refractivity contribution in [2.45, 2.75) is 38.5 Å². The van der Waals surface area contributed by atoms with Crippen molar-refractivity contribution >= 4 is 56.1 Å². The molecule has 0 saturated carbocycles. The Morgan fingerprint density at radius 2 is 1.04 bits per heavy atom. The van der Waals surface area contributed by atoms with Gasteiger partial charge in [-0.05, 0) is 104 Å². The third-order valence-electron chi connectivity index (χ3n) is 10.4. The van der Waals surface area contributed by atoms with Crippen LogP contribution in [-0.4, -0.2) is 6.29 Å². The van der Waals surface area contributed by atoms with Crippen LogP contribution in [0.25, 0.3) is 42.1 Å². The van der Waals surface area contributed by atoms with Crippen LogP contribution in [0.4, 0.5) is 17.1 Å². The molecule has 47 heavy (non-hydrogen) atoms. The van der Waals surface area contributed by atoms with Crippen molar-refractivity contribution in [2.24, 2.45) is 0 Å². The largest absolute Gasteiger partial charge is 0.310 e. The minimum absolute atomic E-state index is 0.0944. The number of carbonyl (C=O) groups is 1. The van der Waals surface area contributed by atoms with Crippen LogP contribution in [0.5, 0.6) is 0 Å². The summed E-state index contributed by atoms with van der Waals surface area (Å²) in [4.78, 5) is 16.9. The minimum Gasteiger partial charge on any atom is -0.310 e. The summed E-state index contributed by atoms with van der Waals surface area (Å²) < 4.78 is 1.23. The summed E-state index contributed by atoms with van der Waals surface area (Å²) in [5.74, 6) is 0. The topological polar surface area (TPSA) is 20.3 Å². The minimum atomic E-state index is -0.0944. The van der Waals surface area contributed by atoms with E-state index in [9.17, 15) is 4.79 Å². The maximum absolute atomic E-state index is 11.4. The Kier molecular flexibility index (Phi) is 6.12. The van der Waals surface area contributed by atoms with Gasteiger partial charge >= 0.3 is 0 Å². The zero-order chi connectivity index (χ0) is 32.1. The number of aldehydes is 1. The van der Waals surface area contributed by atoms with E-state index < -0.39 is 0 Å². The van der Waals surface area contributed by atoms with Crippen LogP contribution in [0, 0.1) is 0 Å². The lowest BCUT2D eigenvalue weighted by Crippen LogP contribution is -2.18. The Labute approximate surface area is 283 Å². The highest BCUT2D eigenvalue weighted by Gasteiger charge is 2.37. The van der Waals surface area contributed by atoms with Crippen molar-refractivity contribution in [1.29, 1.82) is 0 Å². The van der Waals surface area contributed by atoms with Crippen molar-refractivity contribution in [1.82, 2.24) is 0 Å². The predicted octanol–water partition coefficient (Wildman–Crippen LogP) is 12.5. The first kappa shape index (κ1) is 28.5. The first-order valence-electron chi connectivity index (χ1n) is 16.1. The fraction of sp³-hybridized carbons (Fsp3) is 0.140. The summed E-state index contributed by atoms with van der Waals surface area (Å²) >= 11 is 3.34. The lowest BCUT2D eigenvalue weighted by atomic mass is 9.82. The smallest absolute Gasteiger partial charge is 0.160 e. The number of anilines is 3. The Hall–Kier alpha value is -4.77. The molecule has 0 aliphatic heterocycles. The highest BCUT2D eigenvalue weighted by atomic mass is 32.1. The van der Waals surface area contributed by atoms with E-state index in [1.165, 1.54) is 59.5 Å². The molecule has 0 fully saturated rings. The van der Waals surface area contributed by atoms with Crippen LogP contribution < -0.4 is 4.90 Å². The number of hydrogen-bond acceptors (Lipinski definition) is 4. The molecule has 0 bridgehead atoms. The molecular weight excluding hydrogens is 611 g/mol. The molecular formula is C43H33NOS2. The number of hydrogen-bond donors (Lipinski definition) is 0. The quantitative estimate of drug-likeness (QED) is 0.174. The highest BCUT2D eigenvalue weighted by Crippen LogP contribution is 2.53. The van der Waals surface area contributed by atoms with E-state index in [-0.39, 0.29) is 10.8 Å². The molecule has 0 N–H and O–H groups in total. The number of rotatable bonds is 5. The molecule has 2 nitrogen and oxygen atoms in total. The number of benzene rings is 5. The first-order chi connectivity index (χ1) is 22.7. The maximum Gasteiger partial charge on any atom is 0.160 e. The molecule has 0 radical (unpaired) electrons. The van der Waals surface area contributed by atoms with E-state index in [1.807, 2.05) is 6.07 Å². The Balaban J connectivity index is 1.23. The average Bonchev–Trinajstić information content (AvgIpc) is 3.84. The number of carbonyl (C=O) groups excluding carboxylic acids is 1. The molecule has 0 saturated heterocycles. The summed E-state index contributed by atoms with van der Waals surface area (Å²) in [6.07, 6.45) is 0.935. The van der Waals surface area contributed by atoms with Crippen molar-refractivity contribution in [3.8, 4) is 32.0 Å². The Bertz CT molecular complexity index is 2300. The third-order valence-corrected chi connectivity index (χ3v) is 12.7. The van der Waals surface area contributed by atoms with Gasteiger partial charge in [0.1, 0.15) is 0 Å². The van der Waals surface area contributed by atoms with Gasteiger partial charge in [-0.3, -0.25) is 4.79 Å². The fourth-order valence-corrected chi connectivity index (χ4v) is 9.94. The molecule has 2 aliphatic rings. The molecule has 2 aliphatic carbocycles. The third kappa shape index (κ3) is 4.18. The molecule has 4 heteroatoms. The van der Waals surface area contributed by atoms with Crippen LogP contribution >= 0.6 is 22.7 Å². The summed E-state index contributed by atoms with van der Waals surface area (Å²) in [7, 11) is 0. The summed E-state index contributed by atoms with van der Waals surface area (Å²) in [5, 5.41) is 1.21. The van der Waals surface area contributed by atoms with Gasteiger partial charge in [0.15, 0.2) is 6.29 Å². The molecule has 9 rings (SSSR count). The maximum atomic E-state index is 11.4. The molecule has 0 spiro atoms. The van der Waals surface area contributed by atoms with Gasteiger partial charge in [-0.2, -0.15) is 0 Å². The molecule has 5 aromatic carbocycles. The number of thiophene rings is 2. The Morgan fingerprint density at radius 1 is 0.511 bits per heavy atom. The molecule has 0 unspecified atom stereocenters. The van der Waals surface area contributed by atoms with Crippen LogP contribution in [0.1, 0.15) is 59.6 Å². The van der Waals surface area contributed by atoms with Gasteiger partial charge in [-0.15, -0.1) is 22.7 Å². The molecule has 2 aromatic heterocycles. The second kappa shape index (κ2) is 10.1. The van der Waals surface area contributed by atoms with E-state index in [1.54, 1.807) is 22.7 Å². The summed E-state index contributed by atoms with van der Waals surface area (Å²) in [5.41, 5.74) is 14.1. The van der Waals surface area contributed by atoms with Gasteiger partial charge in [0.05, 0.1) is 4.88 Å². The van der Waals surface area contributed by atoms with Crippen LogP contribution in [0.15, 0.2) is 121 Å². The number of fused-ring (bicyclic) bond motifs is 7. The molecule has 0 atom stereocenters. The lowest BCUT2D eigenvalue weighted by Gasteiger charge is -2.29. The van der Waals surface area contributed by atoms with Crippen molar-refractivity contribution < 1.29 is 4.79 Å². The van der Waals surface area contributed by atoms with E-state index in [0.29, 0.717) is 0 Å². The van der Waals surface area contributed by atoms with E-state index >= 15 is 0 Å². The second-order valence-corrected chi connectivity index (χ2v) is 16.0. The number of nitrogens with zero attached hydrogens (tertiary/aromatic N) is 1. The fourth-order valence-electron chi connectivity index (χ4n) is 7.94. The van der Waals surface area contributed by atoms with Gasteiger partial charge in [0, 0.05) is 42.3 Å². The summed E-state index contributed by atoms with van der Waals surface area (Å²) in [6.45, 7) is 9.39. The van der Waals surface area contributed by atoms with Gasteiger partial charge < -0.3 is 4.90 Å². The van der Waals surface area contributed by atoms with Crippen molar-refractivity contribution in [3.63, 3.8) is 0 Å². The monoisotopic (exact) mass is 643 g/mol. The highest BCUT2D eigenvalue weighted by molar-refractivity contribution is 7.26. The lowest BCUT2D eigenvalue weighted by molar-refractivity contribution is 0.112. The SMILES string of the molecule is CC1(C)c2ccccc2-c2ccc(N(c3ccc4c(c3)C(C)(C)c3ccccc3-4)c3ccc4cc(-c5ccc(C=O)s5)sc4c3)cc21. The first-order valence-corrected chi connectivity index (χ1v) is 17.8. The van der Waals surface area contributed by atoms with Crippen LogP contribution in [-0.2, 0) is 10.8 Å². The van der Waals surface area contributed by atoms with Crippen molar-refractivity contribution in [3.05, 3.63) is 148 Å². The van der Waals surface area contributed by atoms with Gasteiger partial charge in [0.25, 0.3) is 0 Å². The van der Waals surface area contributed by atoms with Crippen molar-refractivity contribution in [2.75, 3.05) is 4.90 Å². The zero-order valence-electron chi connectivity index (χ0n) is 26.8. The van der Waals surface area contributed by atoms with E-state index in [4.69, 9.17) is 0 Å². The molecule has 228 valence electrons. The zero-order valence-corrected chi connectivity index (χ0v) is 28.4. The summed E-state index contributed by atoms with van der Waals surface area (Å²) in [6, 6.07) is 44.8. The van der Waals surface area contributed by atoms with Gasteiger partial charge in [0.2, 0.25) is 0 Å². The average molecular weight is 644 g/mol. The molecule has 2 heterocycles. The van der Waals surface area contributed by atoms with Gasteiger partial charge in [-0.1, -0.05) is 94.4 Å². The standard InChI is InChI=1S/C43H33NOS2/c1-42(2)35-11-7-5-9-31(35)33-18-15-27(22-37(33)42)44(28-16-19-34-32-10-6-8-12-36(32)43(3,4)38(34)23-28)29-14-13-26-21-41(47-40(26)24-29)39-20-17-30(25-45)46-39/h5-25H,1-4H3. The Morgan fingerprint density at radius 3 is 1.62 bits per heavy atom. The van der Waals surface area contributed by atoms with E-state index in [2.05, 4.69) is 148 Å². The normalized spacial score (nSPS) is 14.8. The van der Waals surface area contributed by atoms with E-state index in [0.717, 1.165) is 33.1 Å². The molecule has 7 aromatic rings. The second-order valence-electron chi connectivity index (χ2n) is 13.8. The van der Waals surface area contributed by atoms with Crippen LogP contribution in [0.2, 0.25) is 0 Å². The van der Waals surface area contributed by atoms with Crippen LogP contribution in [0.3, 0.4) is 0 Å². The predicted molar refractivity (Wildman–Crippen MR) is 200 cm³/mol. The van der Waals surface area contributed by atoms with Gasteiger partial charge in [-0.25, -0.2) is 0 Å². The molecule has 0 amide bonds.